The number of carbonyl (C=O) groups is 4. The minimum absolute atomic E-state index is 0.127. The van der Waals surface area contributed by atoms with Crippen molar-refractivity contribution in [3.8, 4) is 0 Å². The number of ketones is 2. The molecule has 3 saturated heterocycles. The van der Waals surface area contributed by atoms with Crippen molar-refractivity contribution in [2.45, 2.75) is 97.2 Å². The summed E-state index contributed by atoms with van der Waals surface area (Å²) in [6, 6.07) is -0.993. The Bertz CT molecular complexity index is 944. The second kappa shape index (κ2) is 13.2. The molecule has 3 aliphatic rings. The van der Waals surface area contributed by atoms with Gasteiger partial charge in [0.05, 0.1) is 19.3 Å². The lowest BCUT2D eigenvalue weighted by molar-refractivity contribution is -0.261. The molecule has 0 radical (unpaired) electrons. The number of rotatable bonds is 4. The molecule has 228 valence electrons. The zero-order chi connectivity index (χ0) is 30.0. The van der Waals surface area contributed by atoms with E-state index in [0.29, 0.717) is 12.8 Å². The summed E-state index contributed by atoms with van der Waals surface area (Å²) in [6.45, 7) is 10.1. The number of hydrogen-bond acceptors (Lipinski definition) is 11. The molecule has 0 spiro atoms. The fourth-order valence-electron chi connectivity index (χ4n) is 6.39. The van der Waals surface area contributed by atoms with Gasteiger partial charge in [0.15, 0.2) is 18.2 Å². The monoisotopic (exact) mass is 570 g/mol. The van der Waals surface area contributed by atoms with Gasteiger partial charge in [0, 0.05) is 23.8 Å². The number of hydroxylamine groups is 2. The molecule has 0 aromatic carbocycles. The smallest absolute Gasteiger partial charge is 0.434 e. The van der Waals surface area contributed by atoms with Crippen LogP contribution in [0.1, 0.15) is 54.4 Å². The van der Waals surface area contributed by atoms with E-state index in [1.54, 1.807) is 20.8 Å². The predicted octanol–water partition coefficient (Wildman–Crippen LogP) is 1.81. The van der Waals surface area contributed by atoms with Gasteiger partial charge in [-0.1, -0.05) is 27.7 Å². The van der Waals surface area contributed by atoms with E-state index in [1.807, 2.05) is 32.8 Å². The minimum Gasteiger partial charge on any atom is -0.461 e. The fourth-order valence-corrected chi connectivity index (χ4v) is 6.39. The summed E-state index contributed by atoms with van der Waals surface area (Å²) < 4.78 is 23.0. The lowest BCUT2D eigenvalue weighted by Crippen LogP contribution is -2.57. The molecular formula is C28H46N2O10. The number of hydrogen-bond donors (Lipinski definition) is 1. The van der Waals surface area contributed by atoms with Crippen LogP contribution in [0.3, 0.4) is 0 Å². The van der Waals surface area contributed by atoms with Crippen LogP contribution in [0, 0.1) is 29.6 Å². The van der Waals surface area contributed by atoms with Crippen molar-refractivity contribution in [3.63, 3.8) is 0 Å². The summed E-state index contributed by atoms with van der Waals surface area (Å²) in [5.74, 6) is -4.61. The number of Topliss-reactive ketones (excluding diaryl/α,β-unsaturated/α-hetero) is 2. The molecule has 0 aromatic rings. The van der Waals surface area contributed by atoms with Crippen molar-refractivity contribution < 1.29 is 48.1 Å². The van der Waals surface area contributed by atoms with E-state index >= 15 is 0 Å². The highest BCUT2D eigenvalue weighted by atomic mass is 16.7. The number of ether oxygens (including phenoxy) is 4. The molecule has 1 amide bonds. The van der Waals surface area contributed by atoms with E-state index in [0.717, 1.165) is 5.06 Å². The molecule has 3 rings (SSSR count). The Morgan fingerprint density at radius 1 is 0.925 bits per heavy atom. The van der Waals surface area contributed by atoms with Crippen LogP contribution in [0.15, 0.2) is 0 Å². The first-order chi connectivity index (χ1) is 18.7. The van der Waals surface area contributed by atoms with Crippen LogP contribution in [0.25, 0.3) is 0 Å². The van der Waals surface area contributed by atoms with Gasteiger partial charge in [-0.05, 0) is 46.7 Å². The van der Waals surface area contributed by atoms with Crippen LogP contribution in [-0.2, 0) is 38.2 Å². The van der Waals surface area contributed by atoms with Gasteiger partial charge in [0.1, 0.15) is 30.5 Å². The van der Waals surface area contributed by atoms with E-state index in [2.05, 4.69) is 0 Å². The van der Waals surface area contributed by atoms with Gasteiger partial charge in [-0.25, -0.2) is 4.79 Å². The highest BCUT2D eigenvalue weighted by Gasteiger charge is 2.50. The molecule has 0 bridgehead atoms. The number of aliphatic hydroxyl groups excluding tert-OH is 1. The molecule has 40 heavy (non-hydrogen) atoms. The van der Waals surface area contributed by atoms with E-state index in [-0.39, 0.29) is 36.2 Å². The van der Waals surface area contributed by atoms with Gasteiger partial charge in [0.2, 0.25) is 0 Å². The maximum absolute atomic E-state index is 13.6. The van der Waals surface area contributed by atoms with Crippen molar-refractivity contribution in [2.24, 2.45) is 29.6 Å². The van der Waals surface area contributed by atoms with Gasteiger partial charge in [-0.2, -0.15) is 5.06 Å². The van der Waals surface area contributed by atoms with E-state index in [1.165, 1.54) is 14.0 Å². The number of carbonyl (C=O) groups excluding carboxylic acids is 4. The van der Waals surface area contributed by atoms with Crippen LogP contribution in [0.5, 0.6) is 0 Å². The normalized spacial score (nSPS) is 42.3. The number of amides is 1. The average Bonchev–Trinajstić information content (AvgIpc) is 3.22. The Kier molecular flexibility index (Phi) is 10.7. The molecular weight excluding hydrogens is 524 g/mol. The summed E-state index contributed by atoms with van der Waals surface area (Å²) in [4.78, 5) is 59.8. The molecule has 3 fully saturated rings. The van der Waals surface area contributed by atoms with Gasteiger partial charge in [-0.15, -0.1) is 0 Å². The topological polar surface area (TPSA) is 141 Å². The third kappa shape index (κ3) is 6.67. The molecule has 12 atom stereocenters. The van der Waals surface area contributed by atoms with Crippen LogP contribution >= 0.6 is 0 Å². The molecule has 9 unspecified atom stereocenters. The van der Waals surface area contributed by atoms with E-state index in [4.69, 9.17) is 23.8 Å². The molecule has 12 nitrogen and oxygen atoms in total. The number of fused-ring (bicyclic) bond motifs is 1. The Morgan fingerprint density at radius 2 is 1.57 bits per heavy atom. The van der Waals surface area contributed by atoms with E-state index in [9.17, 15) is 24.3 Å². The van der Waals surface area contributed by atoms with Gasteiger partial charge in [0.25, 0.3) is 0 Å². The van der Waals surface area contributed by atoms with Gasteiger partial charge < -0.3 is 29.0 Å². The largest absolute Gasteiger partial charge is 0.461 e. The Balaban J connectivity index is 1.96. The third-order valence-electron chi connectivity index (χ3n) is 8.71. The molecule has 12 heteroatoms. The minimum atomic E-state index is -1.21. The van der Waals surface area contributed by atoms with Crippen LogP contribution < -0.4 is 0 Å². The molecule has 3 heterocycles. The zero-order valence-electron chi connectivity index (χ0n) is 25.1. The highest BCUT2D eigenvalue weighted by Crippen LogP contribution is 2.35. The summed E-state index contributed by atoms with van der Waals surface area (Å²) in [5, 5.41) is 11.8. The highest BCUT2D eigenvalue weighted by molar-refractivity contribution is 6.00. The first-order valence-corrected chi connectivity index (χ1v) is 14.1. The average molecular weight is 571 g/mol. The lowest BCUT2D eigenvalue weighted by atomic mass is 9.78. The molecule has 0 aromatic heterocycles. The summed E-state index contributed by atoms with van der Waals surface area (Å²) in [5.41, 5.74) is 0. The van der Waals surface area contributed by atoms with Crippen molar-refractivity contribution in [1.82, 2.24) is 9.96 Å². The molecule has 0 saturated carbocycles. The zero-order valence-corrected chi connectivity index (χ0v) is 25.1. The number of nitrogens with zero attached hydrogens (tertiary/aromatic N) is 2. The second-order valence-electron chi connectivity index (χ2n) is 11.9. The first kappa shape index (κ1) is 32.4. The van der Waals surface area contributed by atoms with Crippen molar-refractivity contribution in [3.05, 3.63) is 0 Å². The summed E-state index contributed by atoms with van der Waals surface area (Å²) in [7, 11) is 5.09. The maximum atomic E-state index is 13.6. The van der Waals surface area contributed by atoms with Crippen LogP contribution in [0.4, 0.5) is 4.79 Å². The number of aliphatic hydroxyl groups is 1. The Morgan fingerprint density at radius 3 is 2.17 bits per heavy atom. The Hall–Kier alpha value is -2.12. The maximum Gasteiger partial charge on any atom is 0.434 e. The fraction of sp³-hybridized carbons (Fsp3) is 0.857. The van der Waals surface area contributed by atoms with Crippen molar-refractivity contribution in [2.75, 3.05) is 27.8 Å². The molecule has 1 N–H and O–H groups in total. The second-order valence-corrected chi connectivity index (χ2v) is 11.9. The quantitative estimate of drug-likeness (QED) is 0.391. The number of cyclic esters (lactones) is 1. The van der Waals surface area contributed by atoms with Crippen molar-refractivity contribution >= 4 is 23.6 Å². The lowest BCUT2D eigenvalue weighted by Gasteiger charge is -2.44. The first-order valence-electron chi connectivity index (χ1n) is 14.1. The third-order valence-corrected chi connectivity index (χ3v) is 8.71. The number of esters is 1. The van der Waals surface area contributed by atoms with E-state index < -0.39 is 66.4 Å². The summed E-state index contributed by atoms with van der Waals surface area (Å²) >= 11 is 0. The Labute approximate surface area is 236 Å². The van der Waals surface area contributed by atoms with Crippen LogP contribution in [0.2, 0.25) is 0 Å². The van der Waals surface area contributed by atoms with Gasteiger partial charge >= 0.3 is 12.1 Å². The van der Waals surface area contributed by atoms with Crippen LogP contribution in [-0.4, -0.2) is 109 Å². The number of likely N-dealkylation sites (N-methyl/N-ethyl adjacent to an activating group) is 1. The summed E-state index contributed by atoms with van der Waals surface area (Å²) in [6.07, 6.45) is -3.59. The standard InChI is InChI=1S/C28H46N2O10/c1-13-10-14(2)24(40-25-19(29(7)8)11-15(3)38-27(25)34)17(5)23(32)18(6)26(33)37-12-20-21(16(4)22(13)31)30(36-9)28(35)39-20/h13-21,24-25,27,34H,10-12H2,1-9H3/t13?,14?,15-,16?,17?,18?,19+,20?,21?,24?,25-,27?/m1/s1. The molecule has 0 aliphatic carbocycles. The van der Waals surface area contributed by atoms with Crippen molar-refractivity contribution in [1.29, 1.82) is 0 Å². The molecule has 3 aliphatic heterocycles. The SMILES string of the molecule is CON1C(=O)OC2COC(=O)C(C)C(=O)C(C)C(O[C@H]3C(O)O[C@H](C)C[C@@H]3N(C)C)C(C)CC(C)C(=O)C(C)C21. The predicted molar refractivity (Wildman–Crippen MR) is 142 cm³/mol. The van der Waals surface area contributed by atoms with Gasteiger partial charge in [-0.3, -0.25) is 19.2 Å².